The smallest absolute Gasteiger partial charge is 0.226 e. The number of carbonyl (C=O) groups is 3. The number of hydrogen-bond acceptors (Lipinski definition) is 4. The molecule has 0 heterocycles. The summed E-state index contributed by atoms with van der Waals surface area (Å²) in [5.74, 6) is -0.399. The van der Waals surface area contributed by atoms with Gasteiger partial charge in [0.15, 0.2) is 0 Å². The first kappa shape index (κ1) is 19.0. The van der Waals surface area contributed by atoms with Gasteiger partial charge in [0.1, 0.15) is 0 Å². The summed E-state index contributed by atoms with van der Waals surface area (Å²) in [6.07, 6.45) is 0.289. The fraction of sp³-hybridized carbons (Fsp3) is 0.211. The van der Waals surface area contributed by atoms with Crippen LogP contribution in [0.5, 0.6) is 0 Å². The van der Waals surface area contributed by atoms with Crippen LogP contribution in [0.4, 0.5) is 22.7 Å². The van der Waals surface area contributed by atoms with E-state index in [0.717, 1.165) is 5.69 Å². The van der Waals surface area contributed by atoms with Crippen LogP contribution in [0.25, 0.3) is 0 Å². The van der Waals surface area contributed by atoms with Gasteiger partial charge in [-0.05, 0) is 42.5 Å². The summed E-state index contributed by atoms with van der Waals surface area (Å²) < 4.78 is 0. The van der Waals surface area contributed by atoms with E-state index < -0.39 is 0 Å². The van der Waals surface area contributed by atoms with E-state index in [-0.39, 0.29) is 24.1 Å². The maximum atomic E-state index is 12.0. The minimum absolute atomic E-state index is 0.122. The van der Waals surface area contributed by atoms with Crippen molar-refractivity contribution in [1.82, 2.24) is 0 Å². The van der Waals surface area contributed by atoms with Gasteiger partial charge in [-0.25, -0.2) is 0 Å². The Labute approximate surface area is 152 Å². The lowest BCUT2D eigenvalue weighted by atomic mass is 10.2. The largest absolute Gasteiger partial charge is 0.384 e. The van der Waals surface area contributed by atoms with Gasteiger partial charge in [-0.15, -0.1) is 0 Å². The Morgan fingerprint density at radius 1 is 0.731 bits per heavy atom. The molecule has 2 aromatic rings. The average molecular weight is 354 g/mol. The second-order valence-electron chi connectivity index (χ2n) is 5.75. The fourth-order valence-electron chi connectivity index (χ4n) is 2.29. The van der Waals surface area contributed by atoms with Crippen molar-refractivity contribution in [2.45, 2.75) is 20.3 Å². The summed E-state index contributed by atoms with van der Waals surface area (Å²) in [4.78, 5) is 34.0. The molecule has 26 heavy (non-hydrogen) atoms. The van der Waals surface area contributed by atoms with Crippen LogP contribution in [-0.4, -0.2) is 24.3 Å². The van der Waals surface area contributed by atoms with Crippen molar-refractivity contribution < 1.29 is 14.4 Å². The van der Waals surface area contributed by atoms with E-state index in [0.29, 0.717) is 23.6 Å². The van der Waals surface area contributed by atoms with Crippen LogP contribution >= 0.6 is 0 Å². The van der Waals surface area contributed by atoms with Crippen LogP contribution < -0.4 is 21.3 Å². The third-order valence-corrected chi connectivity index (χ3v) is 3.35. The molecule has 0 aliphatic carbocycles. The van der Waals surface area contributed by atoms with Crippen molar-refractivity contribution in [3.8, 4) is 0 Å². The van der Waals surface area contributed by atoms with Crippen LogP contribution in [0.3, 0.4) is 0 Å². The predicted molar refractivity (Wildman–Crippen MR) is 103 cm³/mol. The maximum absolute atomic E-state index is 12.0. The minimum Gasteiger partial charge on any atom is -0.384 e. The molecule has 0 saturated heterocycles. The Kier molecular flexibility index (Phi) is 6.73. The van der Waals surface area contributed by atoms with E-state index in [4.69, 9.17) is 0 Å². The van der Waals surface area contributed by atoms with Crippen LogP contribution in [0.2, 0.25) is 0 Å². The summed E-state index contributed by atoms with van der Waals surface area (Å²) in [7, 11) is 0. The van der Waals surface area contributed by atoms with Crippen molar-refractivity contribution in [2.75, 3.05) is 27.8 Å². The highest BCUT2D eigenvalue weighted by Gasteiger charge is 2.04. The first-order valence-corrected chi connectivity index (χ1v) is 8.21. The van der Waals surface area contributed by atoms with Gasteiger partial charge < -0.3 is 21.3 Å². The molecule has 0 bridgehead atoms. The third kappa shape index (κ3) is 6.64. The SMILES string of the molecule is CC(=O)Nc1ccc(NC(=O)CCNc2cccc(NC(C)=O)c2)cc1. The van der Waals surface area contributed by atoms with Gasteiger partial charge in [0.25, 0.3) is 0 Å². The number of carbonyl (C=O) groups excluding carboxylic acids is 3. The molecule has 2 aromatic carbocycles. The number of anilines is 4. The van der Waals surface area contributed by atoms with Crippen molar-refractivity contribution >= 4 is 40.5 Å². The molecule has 0 saturated carbocycles. The van der Waals surface area contributed by atoms with Crippen molar-refractivity contribution in [2.24, 2.45) is 0 Å². The minimum atomic E-state index is -0.143. The van der Waals surface area contributed by atoms with Gasteiger partial charge in [-0.1, -0.05) is 6.07 Å². The van der Waals surface area contributed by atoms with Crippen molar-refractivity contribution in [3.05, 3.63) is 48.5 Å². The van der Waals surface area contributed by atoms with Gasteiger partial charge >= 0.3 is 0 Å². The molecule has 0 aliphatic rings. The zero-order chi connectivity index (χ0) is 18.9. The van der Waals surface area contributed by atoms with E-state index >= 15 is 0 Å². The predicted octanol–water partition coefficient (Wildman–Crippen LogP) is 3.04. The Hall–Kier alpha value is -3.35. The van der Waals surface area contributed by atoms with Crippen LogP contribution in [-0.2, 0) is 14.4 Å². The number of benzene rings is 2. The molecule has 0 unspecified atom stereocenters. The summed E-state index contributed by atoms with van der Waals surface area (Å²) in [5.41, 5.74) is 2.86. The van der Waals surface area contributed by atoms with E-state index in [2.05, 4.69) is 21.3 Å². The molecule has 0 radical (unpaired) electrons. The first-order chi connectivity index (χ1) is 12.4. The standard InChI is InChI=1S/C19H22N4O3/c1-13(24)21-15-6-8-16(9-7-15)23-19(26)10-11-20-17-4-3-5-18(12-17)22-14(2)25/h3-9,12,20H,10-11H2,1-2H3,(H,21,24)(H,22,25)(H,23,26). The second-order valence-corrected chi connectivity index (χ2v) is 5.75. The van der Waals surface area contributed by atoms with E-state index in [1.807, 2.05) is 12.1 Å². The Bertz CT molecular complexity index is 788. The molecule has 0 aliphatic heterocycles. The Morgan fingerprint density at radius 2 is 1.27 bits per heavy atom. The second kappa shape index (κ2) is 9.22. The van der Waals surface area contributed by atoms with Gasteiger partial charge in [0, 0.05) is 49.6 Å². The summed E-state index contributed by atoms with van der Waals surface area (Å²) in [6, 6.07) is 14.2. The van der Waals surface area contributed by atoms with E-state index in [9.17, 15) is 14.4 Å². The lowest BCUT2D eigenvalue weighted by molar-refractivity contribution is -0.116. The summed E-state index contributed by atoms with van der Waals surface area (Å²) in [6.45, 7) is 3.35. The zero-order valence-electron chi connectivity index (χ0n) is 14.8. The lowest BCUT2D eigenvalue weighted by Gasteiger charge is -2.10. The molecule has 2 rings (SSSR count). The molecule has 136 valence electrons. The number of nitrogens with one attached hydrogen (secondary N) is 4. The molecule has 7 heteroatoms. The van der Waals surface area contributed by atoms with Crippen molar-refractivity contribution in [1.29, 1.82) is 0 Å². The van der Waals surface area contributed by atoms with Crippen molar-refractivity contribution in [3.63, 3.8) is 0 Å². The monoisotopic (exact) mass is 354 g/mol. The average Bonchev–Trinajstić information content (AvgIpc) is 2.56. The molecule has 0 aromatic heterocycles. The highest BCUT2D eigenvalue weighted by Crippen LogP contribution is 2.16. The number of rotatable bonds is 7. The van der Waals surface area contributed by atoms with Gasteiger partial charge in [-0.3, -0.25) is 14.4 Å². The molecule has 0 atom stereocenters. The molecule has 4 N–H and O–H groups in total. The van der Waals surface area contributed by atoms with Gasteiger partial charge in [-0.2, -0.15) is 0 Å². The van der Waals surface area contributed by atoms with Crippen LogP contribution in [0, 0.1) is 0 Å². The first-order valence-electron chi connectivity index (χ1n) is 8.21. The molecule has 0 fully saturated rings. The highest BCUT2D eigenvalue weighted by atomic mass is 16.2. The zero-order valence-corrected chi connectivity index (χ0v) is 14.8. The molecule has 0 spiro atoms. The topological polar surface area (TPSA) is 99.3 Å². The summed E-state index contributed by atoms with van der Waals surface area (Å²) in [5, 5.41) is 11.3. The molecular weight excluding hydrogens is 332 g/mol. The van der Waals surface area contributed by atoms with Gasteiger partial charge in [0.05, 0.1) is 0 Å². The number of hydrogen-bond donors (Lipinski definition) is 4. The van der Waals surface area contributed by atoms with Crippen LogP contribution in [0.15, 0.2) is 48.5 Å². The molecule has 3 amide bonds. The quantitative estimate of drug-likeness (QED) is 0.614. The molecule has 7 nitrogen and oxygen atoms in total. The Balaban J connectivity index is 1.78. The van der Waals surface area contributed by atoms with E-state index in [1.54, 1.807) is 36.4 Å². The number of amides is 3. The summed E-state index contributed by atoms with van der Waals surface area (Å²) >= 11 is 0. The highest BCUT2D eigenvalue weighted by molar-refractivity contribution is 5.92. The third-order valence-electron chi connectivity index (χ3n) is 3.35. The lowest BCUT2D eigenvalue weighted by Crippen LogP contribution is -2.16. The van der Waals surface area contributed by atoms with E-state index in [1.165, 1.54) is 13.8 Å². The normalized spacial score (nSPS) is 9.92. The molecular formula is C19H22N4O3. The van der Waals surface area contributed by atoms with Crippen LogP contribution in [0.1, 0.15) is 20.3 Å². The maximum Gasteiger partial charge on any atom is 0.226 e. The van der Waals surface area contributed by atoms with Gasteiger partial charge in [0.2, 0.25) is 17.7 Å². The Morgan fingerprint density at radius 3 is 1.88 bits per heavy atom. The fourth-order valence-corrected chi connectivity index (χ4v) is 2.29.